The van der Waals surface area contributed by atoms with Crippen molar-refractivity contribution in [2.75, 3.05) is 0 Å². The van der Waals surface area contributed by atoms with Crippen LogP contribution in [0.4, 0.5) is 0 Å². The first-order valence-electron chi connectivity index (χ1n) is 22.0. The third kappa shape index (κ3) is 40.6. The molecule has 50 heavy (non-hydrogen) atoms. The number of esters is 1. The fourth-order valence-electron chi connectivity index (χ4n) is 6.60. The Morgan fingerprint density at radius 2 is 0.780 bits per heavy atom. The number of hydrogen-bond donors (Lipinski definition) is 1. The minimum Gasteiger partial charge on any atom is -0.481 e. The van der Waals surface area contributed by atoms with E-state index in [-0.39, 0.29) is 18.5 Å². The summed E-state index contributed by atoms with van der Waals surface area (Å²) in [6.07, 6.45) is 54.5. The summed E-state index contributed by atoms with van der Waals surface area (Å²) >= 11 is 0. The van der Waals surface area contributed by atoms with Crippen LogP contribution in [-0.4, -0.2) is 23.1 Å². The van der Waals surface area contributed by atoms with Crippen LogP contribution < -0.4 is 0 Å². The highest BCUT2D eigenvalue weighted by Crippen LogP contribution is 2.19. The summed E-state index contributed by atoms with van der Waals surface area (Å²) in [5.41, 5.74) is 0. The van der Waals surface area contributed by atoms with E-state index in [1.807, 2.05) is 0 Å². The van der Waals surface area contributed by atoms with Gasteiger partial charge in [0.1, 0.15) is 6.10 Å². The quantitative estimate of drug-likeness (QED) is 0.0393. The van der Waals surface area contributed by atoms with Crippen LogP contribution in [0.25, 0.3) is 0 Å². The van der Waals surface area contributed by atoms with Gasteiger partial charge in [0.2, 0.25) is 0 Å². The number of hydrogen-bond acceptors (Lipinski definition) is 3. The molecule has 0 saturated carbocycles. The summed E-state index contributed by atoms with van der Waals surface area (Å²) < 4.78 is 6.02. The highest BCUT2D eigenvalue weighted by atomic mass is 16.5. The summed E-state index contributed by atoms with van der Waals surface area (Å²) in [6, 6.07) is 0. The summed E-state index contributed by atoms with van der Waals surface area (Å²) in [5, 5.41) is 8.84. The van der Waals surface area contributed by atoms with Gasteiger partial charge in [0, 0.05) is 12.8 Å². The molecule has 0 rings (SSSR count). The number of ether oxygens (including phenoxy) is 1. The van der Waals surface area contributed by atoms with E-state index in [2.05, 4.69) is 50.3 Å². The van der Waals surface area contributed by atoms with Gasteiger partial charge in [0.25, 0.3) is 0 Å². The molecule has 0 aliphatic carbocycles. The topological polar surface area (TPSA) is 63.6 Å². The summed E-state index contributed by atoms with van der Waals surface area (Å²) in [5.74, 6) is -0.706. The monoisotopic (exact) mass is 701 g/mol. The standard InChI is InChI=1S/C46H84O4/c1-3-5-7-9-11-13-15-17-18-19-20-21-22-24-26-28-30-35-39-43-46(49)50-44(41-37-33-31-34-38-42-45(47)48)40-36-32-29-27-25-23-16-14-12-10-8-6-4-2/h11,13,17-18,20-21,44H,3-10,12,14-16,19,22-43H2,1-2H3,(H,47,48)/b13-11-,18-17-,21-20-. The van der Waals surface area contributed by atoms with Crippen molar-refractivity contribution < 1.29 is 19.4 Å². The average molecular weight is 701 g/mol. The zero-order valence-corrected chi connectivity index (χ0v) is 33.5. The van der Waals surface area contributed by atoms with Crippen molar-refractivity contribution in [3.05, 3.63) is 36.5 Å². The van der Waals surface area contributed by atoms with Crippen LogP contribution in [0.3, 0.4) is 0 Å². The molecule has 292 valence electrons. The number of allylic oxidation sites excluding steroid dienone is 6. The highest BCUT2D eigenvalue weighted by Gasteiger charge is 2.14. The molecule has 0 aromatic rings. The molecule has 1 atom stereocenters. The Labute approximate surface area is 311 Å². The molecule has 0 aliphatic heterocycles. The Kier molecular flexibility index (Phi) is 40.0. The van der Waals surface area contributed by atoms with E-state index >= 15 is 0 Å². The number of unbranched alkanes of at least 4 members (excludes halogenated alkanes) is 25. The first-order valence-corrected chi connectivity index (χ1v) is 22.0. The number of carbonyl (C=O) groups is 2. The SMILES string of the molecule is CCCCC/C=C\C/C=C\C/C=C\CCCCCCCCC(=O)OC(CCCCCCCCCCCCCCC)CCCCCCCC(=O)O. The minimum absolute atomic E-state index is 0.00617. The van der Waals surface area contributed by atoms with Gasteiger partial charge in [-0.05, 0) is 77.0 Å². The molecule has 1 N–H and O–H groups in total. The fourth-order valence-corrected chi connectivity index (χ4v) is 6.60. The second-order valence-electron chi connectivity index (χ2n) is 14.9. The highest BCUT2D eigenvalue weighted by molar-refractivity contribution is 5.69. The van der Waals surface area contributed by atoms with Gasteiger partial charge in [-0.1, -0.05) is 185 Å². The third-order valence-electron chi connectivity index (χ3n) is 9.86. The van der Waals surface area contributed by atoms with E-state index in [1.165, 1.54) is 135 Å². The molecular formula is C46H84O4. The molecule has 0 amide bonds. The zero-order chi connectivity index (χ0) is 36.4. The number of aliphatic carboxylic acids is 1. The van der Waals surface area contributed by atoms with Gasteiger partial charge in [-0.2, -0.15) is 0 Å². The molecule has 0 aliphatic rings. The van der Waals surface area contributed by atoms with Crippen LogP contribution in [0.2, 0.25) is 0 Å². The van der Waals surface area contributed by atoms with Crippen LogP contribution in [0.15, 0.2) is 36.5 Å². The number of carboxylic acid groups (broad SMARTS) is 1. The van der Waals surface area contributed by atoms with Crippen LogP contribution in [0.1, 0.15) is 239 Å². The molecule has 4 nitrogen and oxygen atoms in total. The lowest BCUT2D eigenvalue weighted by Crippen LogP contribution is -2.18. The van der Waals surface area contributed by atoms with Gasteiger partial charge >= 0.3 is 11.9 Å². The molecule has 0 aromatic heterocycles. The van der Waals surface area contributed by atoms with Crippen molar-refractivity contribution in [3.63, 3.8) is 0 Å². The lowest BCUT2D eigenvalue weighted by Gasteiger charge is -2.18. The van der Waals surface area contributed by atoms with Gasteiger partial charge in [0.05, 0.1) is 0 Å². The van der Waals surface area contributed by atoms with Gasteiger partial charge in [-0.25, -0.2) is 0 Å². The van der Waals surface area contributed by atoms with Crippen LogP contribution in [0, 0.1) is 0 Å². The van der Waals surface area contributed by atoms with Gasteiger partial charge < -0.3 is 9.84 Å². The third-order valence-corrected chi connectivity index (χ3v) is 9.86. The van der Waals surface area contributed by atoms with Crippen molar-refractivity contribution >= 4 is 11.9 Å². The van der Waals surface area contributed by atoms with E-state index in [4.69, 9.17) is 9.84 Å². The maximum atomic E-state index is 12.7. The normalized spacial score (nSPS) is 12.5. The lowest BCUT2D eigenvalue weighted by molar-refractivity contribution is -0.150. The Morgan fingerprint density at radius 1 is 0.440 bits per heavy atom. The molecule has 1 unspecified atom stereocenters. The molecule has 0 radical (unpaired) electrons. The van der Waals surface area contributed by atoms with Crippen molar-refractivity contribution in [1.82, 2.24) is 0 Å². The first-order chi connectivity index (χ1) is 24.6. The lowest BCUT2D eigenvalue weighted by atomic mass is 10.0. The Hall–Kier alpha value is -1.84. The molecule has 0 aromatic carbocycles. The van der Waals surface area contributed by atoms with Gasteiger partial charge in [0.15, 0.2) is 0 Å². The number of carboxylic acids is 1. The summed E-state index contributed by atoms with van der Waals surface area (Å²) in [4.78, 5) is 23.5. The van der Waals surface area contributed by atoms with Gasteiger partial charge in [-0.15, -0.1) is 0 Å². The van der Waals surface area contributed by atoms with Gasteiger partial charge in [-0.3, -0.25) is 9.59 Å². The molecule has 0 saturated heterocycles. The summed E-state index contributed by atoms with van der Waals surface area (Å²) in [7, 11) is 0. The Balaban J connectivity index is 4.01. The average Bonchev–Trinajstić information content (AvgIpc) is 3.10. The molecule has 0 bridgehead atoms. The second-order valence-corrected chi connectivity index (χ2v) is 14.9. The Morgan fingerprint density at radius 3 is 1.24 bits per heavy atom. The smallest absolute Gasteiger partial charge is 0.306 e. The predicted molar refractivity (Wildman–Crippen MR) is 218 cm³/mol. The molecule has 4 heteroatoms. The number of carbonyl (C=O) groups excluding carboxylic acids is 1. The first kappa shape index (κ1) is 48.2. The molecular weight excluding hydrogens is 617 g/mol. The van der Waals surface area contributed by atoms with Crippen molar-refractivity contribution in [2.45, 2.75) is 245 Å². The molecule has 0 fully saturated rings. The molecule has 0 heterocycles. The maximum absolute atomic E-state index is 12.7. The second kappa shape index (κ2) is 41.6. The largest absolute Gasteiger partial charge is 0.481 e. The van der Waals surface area contributed by atoms with E-state index in [1.54, 1.807) is 0 Å². The van der Waals surface area contributed by atoms with Crippen molar-refractivity contribution in [1.29, 1.82) is 0 Å². The zero-order valence-electron chi connectivity index (χ0n) is 33.5. The maximum Gasteiger partial charge on any atom is 0.306 e. The van der Waals surface area contributed by atoms with Crippen molar-refractivity contribution in [2.24, 2.45) is 0 Å². The fraction of sp³-hybridized carbons (Fsp3) is 0.826. The van der Waals surface area contributed by atoms with Crippen LogP contribution in [0.5, 0.6) is 0 Å². The van der Waals surface area contributed by atoms with Crippen LogP contribution >= 0.6 is 0 Å². The number of rotatable bonds is 40. The Bertz CT molecular complexity index is 798. The molecule has 0 spiro atoms. The van der Waals surface area contributed by atoms with Crippen LogP contribution in [-0.2, 0) is 14.3 Å². The van der Waals surface area contributed by atoms with E-state index in [0.717, 1.165) is 77.0 Å². The predicted octanol–water partition coefficient (Wildman–Crippen LogP) is 15.3. The van der Waals surface area contributed by atoms with Crippen molar-refractivity contribution in [3.8, 4) is 0 Å². The van der Waals surface area contributed by atoms with E-state index in [9.17, 15) is 9.59 Å². The summed E-state index contributed by atoms with van der Waals surface area (Å²) in [6.45, 7) is 4.53. The van der Waals surface area contributed by atoms with E-state index < -0.39 is 5.97 Å². The van der Waals surface area contributed by atoms with E-state index in [0.29, 0.717) is 6.42 Å². The minimum atomic E-state index is -0.700.